The molecule has 0 saturated carbocycles. The van der Waals surface area contributed by atoms with Crippen molar-refractivity contribution < 1.29 is 18.3 Å². The van der Waals surface area contributed by atoms with Gasteiger partial charge in [-0.25, -0.2) is 8.42 Å². The van der Waals surface area contributed by atoms with Crippen LogP contribution in [-0.2, 0) is 40.9 Å². The zero-order chi connectivity index (χ0) is 18.7. The summed E-state index contributed by atoms with van der Waals surface area (Å²) < 4.78 is 26.8. The topological polar surface area (TPSA) is 105 Å². The van der Waals surface area contributed by atoms with Crippen LogP contribution in [0.1, 0.15) is 23.4 Å². The third-order valence-electron chi connectivity index (χ3n) is 4.27. The van der Waals surface area contributed by atoms with Gasteiger partial charge in [0.25, 0.3) is 0 Å². The van der Waals surface area contributed by atoms with Crippen molar-refractivity contribution in [1.82, 2.24) is 19.4 Å². The highest BCUT2D eigenvalue weighted by atomic mass is 32.2. The number of fused-ring (bicyclic) bond motifs is 1. The largest absolute Gasteiger partial charge is 0.508 e. The fraction of sp³-hybridized carbons (Fsp3) is 0.412. The van der Waals surface area contributed by atoms with E-state index in [1.807, 2.05) is 10.7 Å². The Balaban J connectivity index is 1.59. The lowest BCUT2D eigenvalue weighted by Crippen LogP contribution is -2.29. The number of carbonyl (C=O) groups is 1. The number of nitrogens with one attached hydrogen (secondary N) is 1. The lowest BCUT2D eigenvalue weighted by Gasteiger charge is -2.16. The van der Waals surface area contributed by atoms with E-state index in [1.54, 1.807) is 24.3 Å². The molecule has 9 heteroatoms. The van der Waals surface area contributed by atoms with Gasteiger partial charge in [0.1, 0.15) is 5.75 Å². The van der Waals surface area contributed by atoms with Gasteiger partial charge in [-0.05, 0) is 30.2 Å². The molecule has 8 nitrogen and oxygen atoms in total. The first-order valence-corrected chi connectivity index (χ1v) is 10.2. The SMILES string of the molecule is CS(=O)(=O)N1CCCn2nc(CNC(=O)Cc3ccc(O)cc3)cc2C1. The summed E-state index contributed by atoms with van der Waals surface area (Å²) in [5.41, 5.74) is 2.34. The lowest BCUT2D eigenvalue weighted by molar-refractivity contribution is -0.120. The lowest BCUT2D eigenvalue weighted by atomic mass is 10.1. The predicted octanol–water partition coefficient (Wildman–Crippen LogP) is 0.613. The van der Waals surface area contributed by atoms with E-state index >= 15 is 0 Å². The van der Waals surface area contributed by atoms with Crippen molar-refractivity contribution in [3.8, 4) is 5.75 Å². The Labute approximate surface area is 152 Å². The highest BCUT2D eigenvalue weighted by Gasteiger charge is 2.22. The van der Waals surface area contributed by atoms with Gasteiger partial charge in [-0.3, -0.25) is 9.48 Å². The van der Waals surface area contributed by atoms with E-state index in [4.69, 9.17) is 0 Å². The first kappa shape index (κ1) is 18.4. The molecule has 140 valence electrons. The van der Waals surface area contributed by atoms with Gasteiger partial charge in [0.05, 0.1) is 37.2 Å². The van der Waals surface area contributed by atoms with E-state index in [2.05, 4.69) is 10.4 Å². The molecule has 0 fully saturated rings. The number of phenols is 1. The van der Waals surface area contributed by atoms with E-state index in [9.17, 15) is 18.3 Å². The molecule has 3 rings (SSSR count). The average Bonchev–Trinajstić information content (AvgIpc) is 2.84. The summed E-state index contributed by atoms with van der Waals surface area (Å²) in [4.78, 5) is 12.1. The maximum Gasteiger partial charge on any atom is 0.224 e. The highest BCUT2D eigenvalue weighted by molar-refractivity contribution is 7.88. The van der Waals surface area contributed by atoms with Crippen LogP contribution in [-0.4, -0.2) is 46.3 Å². The summed E-state index contributed by atoms with van der Waals surface area (Å²) in [7, 11) is -3.24. The van der Waals surface area contributed by atoms with Gasteiger partial charge in [-0.15, -0.1) is 0 Å². The van der Waals surface area contributed by atoms with Crippen LogP contribution >= 0.6 is 0 Å². The van der Waals surface area contributed by atoms with E-state index in [0.717, 1.165) is 11.3 Å². The number of carbonyl (C=O) groups excluding carboxylic acids is 1. The normalized spacial score (nSPS) is 15.3. The number of nitrogens with zero attached hydrogens (tertiary/aromatic N) is 3. The van der Waals surface area contributed by atoms with Crippen LogP contribution in [0.15, 0.2) is 30.3 Å². The first-order valence-electron chi connectivity index (χ1n) is 8.36. The fourth-order valence-corrected chi connectivity index (χ4v) is 3.74. The van der Waals surface area contributed by atoms with Gasteiger partial charge in [-0.1, -0.05) is 12.1 Å². The number of rotatable bonds is 5. The number of benzene rings is 1. The molecule has 0 unspecified atom stereocenters. The van der Waals surface area contributed by atoms with Crippen LogP contribution in [0.4, 0.5) is 0 Å². The quantitative estimate of drug-likeness (QED) is 0.793. The minimum atomic E-state index is -3.24. The molecule has 0 aliphatic carbocycles. The van der Waals surface area contributed by atoms with Gasteiger partial charge < -0.3 is 10.4 Å². The molecular formula is C17H22N4O4S. The van der Waals surface area contributed by atoms with Gasteiger partial charge >= 0.3 is 0 Å². The molecule has 2 aromatic rings. The summed E-state index contributed by atoms with van der Waals surface area (Å²) in [5, 5.41) is 16.5. The van der Waals surface area contributed by atoms with Crippen molar-refractivity contribution >= 4 is 15.9 Å². The second kappa shape index (κ2) is 7.46. The van der Waals surface area contributed by atoms with Crippen LogP contribution in [0, 0.1) is 0 Å². The fourth-order valence-electron chi connectivity index (χ4n) is 2.91. The van der Waals surface area contributed by atoms with Gasteiger partial charge in [-0.2, -0.15) is 9.40 Å². The smallest absolute Gasteiger partial charge is 0.224 e. The Bertz CT molecular complexity index is 890. The van der Waals surface area contributed by atoms with E-state index in [-0.39, 0.29) is 24.6 Å². The monoisotopic (exact) mass is 378 g/mol. The number of hydrogen-bond acceptors (Lipinski definition) is 5. The maximum absolute atomic E-state index is 12.1. The number of aryl methyl sites for hydroxylation is 1. The second-order valence-corrected chi connectivity index (χ2v) is 8.40. The van der Waals surface area contributed by atoms with Crippen molar-refractivity contribution in [1.29, 1.82) is 0 Å². The molecule has 1 amide bonds. The van der Waals surface area contributed by atoms with Gasteiger partial charge in [0, 0.05) is 13.1 Å². The standard InChI is InChI=1S/C17H22N4O4S/c1-26(24,25)20-7-2-8-21-15(12-20)10-14(19-21)11-18-17(23)9-13-3-5-16(22)6-4-13/h3-6,10,22H,2,7-9,11-12H2,1H3,(H,18,23). The second-order valence-electron chi connectivity index (χ2n) is 6.42. The van der Waals surface area contributed by atoms with Gasteiger partial charge in [0.15, 0.2) is 0 Å². The molecule has 2 heterocycles. The number of sulfonamides is 1. The Morgan fingerprint density at radius 2 is 2.00 bits per heavy atom. The summed E-state index contributed by atoms with van der Waals surface area (Å²) in [6.07, 6.45) is 2.13. The minimum absolute atomic E-state index is 0.142. The Hall–Kier alpha value is -2.39. The first-order chi connectivity index (χ1) is 12.3. The Morgan fingerprint density at radius 1 is 1.27 bits per heavy atom. The third-order valence-corrected chi connectivity index (χ3v) is 5.52. The molecule has 0 bridgehead atoms. The molecule has 1 aliphatic rings. The van der Waals surface area contributed by atoms with Crippen LogP contribution in [0.5, 0.6) is 5.75 Å². The van der Waals surface area contributed by atoms with E-state index in [0.29, 0.717) is 31.7 Å². The van der Waals surface area contributed by atoms with Gasteiger partial charge in [0.2, 0.25) is 15.9 Å². The zero-order valence-corrected chi connectivity index (χ0v) is 15.4. The number of aromatic hydroxyl groups is 1. The van der Waals surface area contributed by atoms with Crippen molar-refractivity contribution in [3.63, 3.8) is 0 Å². The molecule has 0 atom stereocenters. The molecule has 0 radical (unpaired) electrons. The molecule has 0 spiro atoms. The summed E-state index contributed by atoms with van der Waals surface area (Å²) in [6, 6.07) is 8.33. The van der Waals surface area contributed by atoms with E-state index in [1.165, 1.54) is 10.6 Å². The van der Waals surface area contributed by atoms with Crippen molar-refractivity contribution in [3.05, 3.63) is 47.3 Å². The molecule has 1 aliphatic heterocycles. The Kier molecular flexibility index (Phi) is 5.28. The van der Waals surface area contributed by atoms with Crippen LogP contribution < -0.4 is 5.32 Å². The molecular weight excluding hydrogens is 356 g/mol. The Morgan fingerprint density at radius 3 is 2.69 bits per heavy atom. The van der Waals surface area contributed by atoms with Crippen molar-refractivity contribution in [2.75, 3.05) is 12.8 Å². The highest BCUT2D eigenvalue weighted by Crippen LogP contribution is 2.16. The maximum atomic E-state index is 12.1. The molecule has 0 saturated heterocycles. The summed E-state index contributed by atoms with van der Waals surface area (Å²) in [6.45, 7) is 1.73. The number of phenolic OH excluding ortho intramolecular Hbond substituents is 1. The summed E-state index contributed by atoms with van der Waals surface area (Å²) >= 11 is 0. The van der Waals surface area contributed by atoms with E-state index < -0.39 is 10.0 Å². The van der Waals surface area contributed by atoms with Crippen LogP contribution in [0.2, 0.25) is 0 Å². The predicted molar refractivity (Wildman–Crippen MR) is 95.8 cm³/mol. The molecule has 26 heavy (non-hydrogen) atoms. The third kappa shape index (κ3) is 4.61. The number of aromatic nitrogens is 2. The van der Waals surface area contributed by atoms with Crippen molar-refractivity contribution in [2.24, 2.45) is 0 Å². The van der Waals surface area contributed by atoms with Crippen LogP contribution in [0.3, 0.4) is 0 Å². The average molecular weight is 378 g/mol. The minimum Gasteiger partial charge on any atom is -0.508 e. The summed E-state index contributed by atoms with van der Waals surface area (Å²) in [5.74, 6) is 0.0217. The zero-order valence-electron chi connectivity index (χ0n) is 14.6. The molecule has 1 aromatic carbocycles. The number of hydrogen-bond donors (Lipinski definition) is 2. The molecule has 2 N–H and O–H groups in total. The van der Waals surface area contributed by atoms with Crippen LogP contribution in [0.25, 0.3) is 0 Å². The molecule has 1 aromatic heterocycles. The number of amides is 1. The van der Waals surface area contributed by atoms with Crippen molar-refractivity contribution in [2.45, 2.75) is 32.5 Å².